The van der Waals surface area contributed by atoms with Gasteiger partial charge < -0.3 is 10.4 Å². The number of carbonyl (C=O) groups is 1. The molecule has 0 saturated heterocycles. The zero-order chi connectivity index (χ0) is 13.8. The number of aromatic carboxylic acids is 1. The van der Waals surface area contributed by atoms with Crippen molar-refractivity contribution in [2.45, 2.75) is 0 Å². The summed E-state index contributed by atoms with van der Waals surface area (Å²) >= 11 is 0. The third-order valence-electron chi connectivity index (χ3n) is 2.36. The second-order valence-electron chi connectivity index (χ2n) is 3.64. The summed E-state index contributed by atoms with van der Waals surface area (Å²) in [5.41, 5.74) is -0.232. The molecular weight excluding hydrogens is 250 g/mol. The minimum atomic E-state index is -1.37. The Bertz CT molecular complexity index is 628. The molecule has 0 radical (unpaired) electrons. The molecule has 0 atom stereocenters. The lowest BCUT2D eigenvalue weighted by atomic mass is 10.2. The topological polar surface area (TPSA) is 105 Å². The highest BCUT2D eigenvalue weighted by atomic mass is 16.6. The maximum absolute atomic E-state index is 11.0. The molecule has 0 saturated carbocycles. The van der Waals surface area contributed by atoms with E-state index in [1.165, 1.54) is 0 Å². The number of pyridine rings is 1. The highest BCUT2D eigenvalue weighted by molar-refractivity contribution is 5.93. The molecule has 7 nitrogen and oxygen atoms in total. The molecule has 0 aliphatic heterocycles. The molecule has 7 heteroatoms. The van der Waals surface area contributed by atoms with Crippen LogP contribution in [0.3, 0.4) is 0 Å². The lowest BCUT2D eigenvalue weighted by Crippen LogP contribution is -2.05. The molecule has 1 aromatic heterocycles. The number of nitrogens with one attached hydrogen (secondary N) is 1. The van der Waals surface area contributed by atoms with E-state index in [0.29, 0.717) is 5.69 Å². The lowest BCUT2D eigenvalue weighted by molar-refractivity contribution is -0.385. The van der Waals surface area contributed by atoms with Crippen molar-refractivity contribution in [2.24, 2.45) is 0 Å². The summed E-state index contributed by atoms with van der Waals surface area (Å²) in [5.74, 6) is -1.14. The highest BCUT2D eigenvalue weighted by Gasteiger charge is 2.20. The van der Waals surface area contributed by atoms with Crippen molar-refractivity contribution in [3.63, 3.8) is 0 Å². The molecule has 0 unspecified atom stereocenters. The fraction of sp³-hybridized carbons (Fsp3) is 0. The number of anilines is 2. The Hall–Kier alpha value is -2.96. The highest BCUT2D eigenvalue weighted by Crippen LogP contribution is 2.22. The van der Waals surface area contributed by atoms with E-state index in [1.807, 2.05) is 6.07 Å². The minimum Gasteiger partial charge on any atom is -0.477 e. The Labute approximate surface area is 107 Å². The van der Waals surface area contributed by atoms with E-state index in [0.717, 1.165) is 12.3 Å². The van der Waals surface area contributed by atoms with Crippen LogP contribution in [0.15, 0.2) is 42.6 Å². The van der Waals surface area contributed by atoms with Gasteiger partial charge in [-0.05, 0) is 12.1 Å². The van der Waals surface area contributed by atoms with Gasteiger partial charge in [0.15, 0.2) is 0 Å². The molecule has 2 aromatic rings. The molecule has 0 amide bonds. The van der Waals surface area contributed by atoms with E-state index >= 15 is 0 Å². The van der Waals surface area contributed by atoms with Crippen molar-refractivity contribution in [1.82, 2.24) is 4.98 Å². The number of benzene rings is 1. The van der Waals surface area contributed by atoms with Gasteiger partial charge >= 0.3 is 11.7 Å². The maximum atomic E-state index is 11.0. The summed E-state index contributed by atoms with van der Waals surface area (Å²) in [7, 11) is 0. The monoisotopic (exact) mass is 259 g/mol. The van der Waals surface area contributed by atoms with Crippen molar-refractivity contribution in [3.8, 4) is 0 Å². The number of nitrogens with zero attached hydrogens (tertiary/aromatic N) is 2. The number of nitro groups is 1. The van der Waals surface area contributed by atoms with Crippen molar-refractivity contribution in [2.75, 3.05) is 5.32 Å². The van der Waals surface area contributed by atoms with Crippen molar-refractivity contribution in [3.05, 3.63) is 58.3 Å². The molecule has 0 spiro atoms. The molecule has 2 N–H and O–H groups in total. The predicted molar refractivity (Wildman–Crippen MR) is 67.6 cm³/mol. The van der Waals surface area contributed by atoms with E-state index in [9.17, 15) is 14.9 Å². The fourth-order valence-corrected chi connectivity index (χ4v) is 1.50. The van der Waals surface area contributed by atoms with Gasteiger partial charge in [-0.1, -0.05) is 18.2 Å². The first-order valence-corrected chi connectivity index (χ1v) is 5.28. The van der Waals surface area contributed by atoms with E-state index in [-0.39, 0.29) is 5.82 Å². The Morgan fingerprint density at radius 3 is 2.58 bits per heavy atom. The number of aromatic nitrogens is 1. The number of carboxylic acids is 1. The van der Waals surface area contributed by atoms with E-state index in [4.69, 9.17) is 5.11 Å². The van der Waals surface area contributed by atoms with Gasteiger partial charge in [0.25, 0.3) is 0 Å². The van der Waals surface area contributed by atoms with E-state index in [1.54, 1.807) is 24.3 Å². The third kappa shape index (κ3) is 2.83. The number of rotatable bonds is 4. The van der Waals surface area contributed by atoms with Crippen molar-refractivity contribution >= 4 is 23.2 Å². The number of hydrogen-bond acceptors (Lipinski definition) is 5. The van der Waals surface area contributed by atoms with E-state index in [2.05, 4.69) is 10.3 Å². The average Bonchev–Trinajstić information content (AvgIpc) is 2.39. The van der Waals surface area contributed by atoms with Crippen LogP contribution in [0.2, 0.25) is 0 Å². The van der Waals surface area contributed by atoms with Crippen molar-refractivity contribution < 1.29 is 14.8 Å². The zero-order valence-electron chi connectivity index (χ0n) is 9.61. The first-order chi connectivity index (χ1) is 9.08. The summed E-state index contributed by atoms with van der Waals surface area (Å²) in [6, 6.07) is 10.1. The number of hydrogen-bond donors (Lipinski definition) is 2. The number of carboxylic acid groups (broad SMARTS) is 1. The van der Waals surface area contributed by atoms with Crippen LogP contribution in [0.5, 0.6) is 0 Å². The van der Waals surface area contributed by atoms with Gasteiger partial charge in [-0.15, -0.1) is 0 Å². The quantitative estimate of drug-likeness (QED) is 0.645. The van der Waals surface area contributed by atoms with Crippen LogP contribution >= 0.6 is 0 Å². The average molecular weight is 259 g/mol. The zero-order valence-corrected chi connectivity index (χ0v) is 9.61. The molecule has 1 aromatic carbocycles. The molecule has 0 bridgehead atoms. The Morgan fingerprint density at radius 2 is 2.00 bits per heavy atom. The van der Waals surface area contributed by atoms with Gasteiger partial charge in [-0.3, -0.25) is 10.1 Å². The molecular formula is C12H9N3O4. The SMILES string of the molecule is O=C(O)c1cc(Nc2ccccc2)ncc1[N+](=O)[O-]. The summed E-state index contributed by atoms with van der Waals surface area (Å²) in [6.07, 6.45) is 0.925. The molecule has 2 rings (SSSR count). The van der Waals surface area contributed by atoms with Crippen LogP contribution in [-0.4, -0.2) is 21.0 Å². The summed E-state index contributed by atoms with van der Waals surface area (Å²) in [6.45, 7) is 0. The van der Waals surface area contributed by atoms with Crippen LogP contribution in [0.4, 0.5) is 17.2 Å². The van der Waals surface area contributed by atoms with Crippen LogP contribution < -0.4 is 5.32 Å². The predicted octanol–water partition coefficient (Wildman–Crippen LogP) is 2.43. The molecule has 1 heterocycles. The number of para-hydroxylation sites is 1. The Balaban J connectivity index is 2.36. The van der Waals surface area contributed by atoms with Crippen LogP contribution in [0.25, 0.3) is 0 Å². The first kappa shape index (κ1) is 12.5. The van der Waals surface area contributed by atoms with Crippen molar-refractivity contribution in [1.29, 1.82) is 0 Å². The summed E-state index contributed by atoms with van der Waals surface area (Å²) in [5, 5.41) is 22.5. The van der Waals surface area contributed by atoms with Crippen LogP contribution in [0.1, 0.15) is 10.4 Å². The molecule has 19 heavy (non-hydrogen) atoms. The largest absolute Gasteiger partial charge is 0.477 e. The van der Waals surface area contributed by atoms with Gasteiger partial charge in [-0.25, -0.2) is 9.78 Å². The molecule has 0 aliphatic rings. The van der Waals surface area contributed by atoms with E-state index < -0.39 is 22.1 Å². The standard InChI is InChI=1S/C12H9N3O4/c16-12(17)9-6-11(13-7-10(9)15(18)19)14-8-4-2-1-3-5-8/h1-7H,(H,13,14)(H,16,17). The van der Waals surface area contributed by atoms with Gasteiger partial charge in [0.2, 0.25) is 0 Å². The molecule has 0 fully saturated rings. The molecule has 96 valence electrons. The second-order valence-corrected chi connectivity index (χ2v) is 3.64. The van der Waals surface area contributed by atoms with Gasteiger partial charge in [0, 0.05) is 11.8 Å². The Kier molecular flexibility index (Phi) is 3.37. The van der Waals surface area contributed by atoms with Gasteiger partial charge in [0.05, 0.1) is 4.92 Å². The first-order valence-electron chi connectivity index (χ1n) is 5.28. The maximum Gasteiger partial charge on any atom is 0.342 e. The van der Waals surface area contributed by atoms with Gasteiger partial charge in [-0.2, -0.15) is 0 Å². The normalized spacial score (nSPS) is 9.89. The summed E-state index contributed by atoms with van der Waals surface area (Å²) in [4.78, 5) is 24.7. The Morgan fingerprint density at radius 1 is 1.32 bits per heavy atom. The summed E-state index contributed by atoms with van der Waals surface area (Å²) < 4.78 is 0. The lowest BCUT2D eigenvalue weighted by Gasteiger charge is -2.06. The van der Waals surface area contributed by atoms with Crippen LogP contribution in [-0.2, 0) is 0 Å². The third-order valence-corrected chi connectivity index (χ3v) is 2.36. The van der Waals surface area contributed by atoms with Gasteiger partial charge in [0.1, 0.15) is 17.6 Å². The second kappa shape index (κ2) is 5.13. The van der Waals surface area contributed by atoms with Crippen LogP contribution in [0, 0.1) is 10.1 Å². The minimum absolute atomic E-state index is 0.231. The fourth-order valence-electron chi connectivity index (χ4n) is 1.50. The molecule has 0 aliphatic carbocycles. The smallest absolute Gasteiger partial charge is 0.342 e.